The van der Waals surface area contributed by atoms with E-state index in [4.69, 9.17) is 11.6 Å². The minimum atomic E-state index is 0.183. The summed E-state index contributed by atoms with van der Waals surface area (Å²) in [7, 11) is 0. The molecule has 0 bridgehead atoms. The highest BCUT2D eigenvalue weighted by molar-refractivity contribution is 6.31. The average molecular weight is 395 g/mol. The predicted octanol–water partition coefficient (Wildman–Crippen LogP) is 3.76. The summed E-state index contributed by atoms with van der Waals surface area (Å²) in [5, 5.41) is 5.18. The molecule has 0 atom stereocenters. The molecule has 6 heteroatoms. The van der Waals surface area contributed by atoms with Gasteiger partial charge >= 0.3 is 0 Å². The van der Waals surface area contributed by atoms with Crippen LogP contribution >= 0.6 is 11.6 Å². The van der Waals surface area contributed by atoms with E-state index in [0.29, 0.717) is 24.5 Å². The number of hydrogen-bond donors (Lipinski definition) is 0. The Kier molecular flexibility index (Phi) is 5.74. The lowest BCUT2D eigenvalue weighted by atomic mass is 10.2. The molecule has 1 aliphatic heterocycles. The molecule has 0 aliphatic carbocycles. The molecule has 144 valence electrons. The van der Waals surface area contributed by atoms with Crippen LogP contribution in [0.2, 0.25) is 5.02 Å². The standard InChI is InChI=1S/C22H23ClN4O/c23-21-9-5-4-6-19(21)17-26-13-12-25(11-10-22(26)28)15-18-14-24-27(16-18)20-7-2-1-3-8-20/h1-9,14,16H,10-13,15,17H2. The molecule has 0 radical (unpaired) electrons. The molecule has 0 unspecified atom stereocenters. The summed E-state index contributed by atoms with van der Waals surface area (Å²) in [6.45, 7) is 3.66. The number of carbonyl (C=O) groups is 1. The van der Waals surface area contributed by atoms with E-state index in [-0.39, 0.29) is 5.91 Å². The lowest BCUT2D eigenvalue weighted by Gasteiger charge is -2.22. The van der Waals surface area contributed by atoms with E-state index in [1.807, 2.05) is 70.4 Å². The van der Waals surface area contributed by atoms with E-state index in [1.54, 1.807) is 0 Å². The first-order valence-corrected chi connectivity index (χ1v) is 9.89. The van der Waals surface area contributed by atoms with Crippen molar-refractivity contribution in [2.45, 2.75) is 19.5 Å². The van der Waals surface area contributed by atoms with Gasteiger partial charge in [-0.3, -0.25) is 9.69 Å². The van der Waals surface area contributed by atoms with Gasteiger partial charge in [-0.25, -0.2) is 4.68 Å². The maximum absolute atomic E-state index is 12.6. The van der Waals surface area contributed by atoms with Crippen LogP contribution in [0.1, 0.15) is 17.5 Å². The maximum atomic E-state index is 12.6. The highest BCUT2D eigenvalue weighted by Crippen LogP contribution is 2.19. The van der Waals surface area contributed by atoms with E-state index in [0.717, 1.165) is 36.4 Å². The minimum absolute atomic E-state index is 0.183. The van der Waals surface area contributed by atoms with Crippen molar-refractivity contribution in [1.82, 2.24) is 19.6 Å². The topological polar surface area (TPSA) is 41.4 Å². The predicted molar refractivity (Wildman–Crippen MR) is 110 cm³/mol. The number of rotatable bonds is 5. The van der Waals surface area contributed by atoms with Crippen molar-refractivity contribution in [1.29, 1.82) is 0 Å². The molecule has 1 saturated heterocycles. The Balaban J connectivity index is 1.38. The summed E-state index contributed by atoms with van der Waals surface area (Å²) in [5.41, 5.74) is 3.19. The fourth-order valence-corrected chi connectivity index (χ4v) is 3.69. The molecule has 1 aliphatic rings. The summed E-state index contributed by atoms with van der Waals surface area (Å²) >= 11 is 6.26. The van der Waals surface area contributed by atoms with Crippen molar-refractivity contribution in [3.63, 3.8) is 0 Å². The fraction of sp³-hybridized carbons (Fsp3) is 0.273. The molecule has 4 rings (SSSR count). The first-order valence-electron chi connectivity index (χ1n) is 9.51. The average Bonchev–Trinajstić information content (AvgIpc) is 3.12. The molecular weight excluding hydrogens is 372 g/mol. The summed E-state index contributed by atoms with van der Waals surface area (Å²) in [4.78, 5) is 16.8. The van der Waals surface area contributed by atoms with Gasteiger partial charge in [-0.2, -0.15) is 5.10 Å². The van der Waals surface area contributed by atoms with Crippen molar-refractivity contribution in [3.05, 3.63) is 83.1 Å². The van der Waals surface area contributed by atoms with Crippen molar-refractivity contribution >= 4 is 17.5 Å². The van der Waals surface area contributed by atoms with Crippen molar-refractivity contribution < 1.29 is 4.79 Å². The number of carbonyl (C=O) groups excluding carboxylic acids is 1. The summed E-state index contributed by atoms with van der Waals surface area (Å²) in [6, 6.07) is 17.8. The molecule has 1 amide bonds. The third kappa shape index (κ3) is 4.43. The van der Waals surface area contributed by atoms with E-state index in [2.05, 4.69) is 16.2 Å². The van der Waals surface area contributed by atoms with Gasteiger partial charge in [0.2, 0.25) is 5.91 Å². The van der Waals surface area contributed by atoms with Crippen molar-refractivity contribution in [2.24, 2.45) is 0 Å². The number of halogens is 1. The molecular formula is C22H23ClN4O. The molecule has 2 heterocycles. The SMILES string of the molecule is O=C1CCN(Cc2cnn(-c3ccccc3)c2)CCN1Cc1ccccc1Cl. The van der Waals surface area contributed by atoms with Crippen LogP contribution in [-0.2, 0) is 17.9 Å². The van der Waals surface area contributed by atoms with Gasteiger partial charge in [0.05, 0.1) is 11.9 Å². The number of amides is 1. The van der Waals surface area contributed by atoms with Gasteiger partial charge in [0.1, 0.15) is 0 Å². The summed E-state index contributed by atoms with van der Waals surface area (Å²) < 4.78 is 1.89. The highest BCUT2D eigenvalue weighted by Gasteiger charge is 2.22. The van der Waals surface area contributed by atoms with Crippen LogP contribution in [0.5, 0.6) is 0 Å². The van der Waals surface area contributed by atoms with Gasteiger partial charge in [-0.05, 0) is 23.8 Å². The second-order valence-electron chi connectivity index (χ2n) is 7.06. The zero-order chi connectivity index (χ0) is 19.3. The minimum Gasteiger partial charge on any atom is -0.337 e. The van der Waals surface area contributed by atoms with Crippen LogP contribution in [0.25, 0.3) is 5.69 Å². The van der Waals surface area contributed by atoms with Crippen molar-refractivity contribution in [2.75, 3.05) is 19.6 Å². The van der Waals surface area contributed by atoms with Gasteiger partial charge < -0.3 is 4.90 Å². The highest BCUT2D eigenvalue weighted by atomic mass is 35.5. The first kappa shape index (κ1) is 18.7. The van der Waals surface area contributed by atoms with Gasteiger partial charge in [0.15, 0.2) is 0 Å². The van der Waals surface area contributed by atoms with E-state index < -0.39 is 0 Å². The summed E-state index contributed by atoms with van der Waals surface area (Å²) in [5.74, 6) is 0.183. The van der Waals surface area contributed by atoms with Crippen LogP contribution < -0.4 is 0 Å². The molecule has 2 aromatic carbocycles. The Labute approximate surface area is 170 Å². The number of hydrogen-bond acceptors (Lipinski definition) is 3. The molecule has 3 aromatic rings. The molecule has 0 N–H and O–H groups in total. The van der Waals surface area contributed by atoms with Gasteiger partial charge in [-0.15, -0.1) is 0 Å². The van der Waals surface area contributed by atoms with Crippen LogP contribution in [0, 0.1) is 0 Å². The number of benzene rings is 2. The Hall–Kier alpha value is -2.63. The van der Waals surface area contributed by atoms with Gasteiger partial charge in [-0.1, -0.05) is 48.0 Å². The van der Waals surface area contributed by atoms with E-state index in [1.165, 1.54) is 0 Å². The van der Waals surface area contributed by atoms with E-state index >= 15 is 0 Å². The largest absolute Gasteiger partial charge is 0.337 e. The molecule has 1 aromatic heterocycles. The van der Waals surface area contributed by atoms with Crippen LogP contribution in [0.4, 0.5) is 0 Å². The second kappa shape index (κ2) is 8.59. The van der Waals surface area contributed by atoms with Gasteiger partial charge in [0.25, 0.3) is 0 Å². The normalized spacial score (nSPS) is 15.6. The smallest absolute Gasteiger partial charge is 0.224 e. The lowest BCUT2D eigenvalue weighted by molar-refractivity contribution is -0.130. The lowest BCUT2D eigenvalue weighted by Crippen LogP contribution is -2.32. The van der Waals surface area contributed by atoms with Gasteiger partial charge in [0, 0.05) is 55.9 Å². The van der Waals surface area contributed by atoms with Crippen molar-refractivity contribution in [3.8, 4) is 5.69 Å². The zero-order valence-electron chi connectivity index (χ0n) is 15.7. The van der Waals surface area contributed by atoms with Crippen LogP contribution in [-0.4, -0.2) is 45.1 Å². The molecule has 5 nitrogen and oxygen atoms in total. The Morgan fingerprint density at radius 3 is 2.54 bits per heavy atom. The number of aromatic nitrogens is 2. The van der Waals surface area contributed by atoms with E-state index in [9.17, 15) is 4.79 Å². The Bertz CT molecular complexity index is 940. The second-order valence-corrected chi connectivity index (χ2v) is 7.47. The number of nitrogens with zero attached hydrogens (tertiary/aromatic N) is 4. The third-order valence-corrected chi connectivity index (χ3v) is 5.43. The Morgan fingerprint density at radius 2 is 1.71 bits per heavy atom. The Morgan fingerprint density at radius 1 is 0.929 bits per heavy atom. The third-order valence-electron chi connectivity index (χ3n) is 5.06. The summed E-state index contributed by atoms with van der Waals surface area (Å²) in [6.07, 6.45) is 4.49. The fourth-order valence-electron chi connectivity index (χ4n) is 3.49. The molecule has 28 heavy (non-hydrogen) atoms. The van der Waals surface area contributed by atoms with Crippen LogP contribution in [0.3, 0.4) is 0 Å². The van der Waals surface area contributed by atoms with Crippen LogP contribution in [0.15, 0.2) is 67.0 Å². The molecule has 0 saturated carbocycles. The number of para-hydroxylation sites is 1. The molecule has 0 spiro atoms. The molecule has 1 fully saturated rings. The monoisotopic (exact) mass is 394 g/mol. The maximum Gasteiger partial charge on any atom is 0.224 e. The quantitative estimate of drug-likeness (QED) is 0.661. The first-order chi connectivity index (χ1) is 13.7. The zero-order valence-corrected chi connectivity index (χ0v) is 16.4.